The van der Waals surface area contributed by atoms with Crippen LogP contribution in [0.1, 0.15) is 41.1 Å². The number of anilines is 1. The Morgan fingerprint density at radius 3 is 2.95 bits per heavy atom. The fourth-order valence-corrected chi connectivity index (χ4v) is 2.58. The summed E-state index contributed by atoms with van der Waals surface area (Å²) in [7, 11) is 0. The van der Waals surface area contributed by atoms with Gasteiger partial charge >= 0.3 is 0 Å². The average molecular weight is 290 g/mol. The number of nitrogens with one attached hydrogen (secondary N) is 2. The molecule has 2 heterocycles. The molecule has 0 aliphatic heterocycles. The molecule has 1 amide bonds. The second kappa shape index (κ2) is 6.47. The van der Waals surface area contributed by atoms with Crippen molar-refractivity contribution < 1.29 is 4.79 Å². The van der Waals surface area contributed by atoms with Crippen molar-refractivity contribution in [3.8, 4) is 0 Å². The third-order valence-corrected chi connectivity index (χ3v) is 3.87. The van der Waals surface area contributed by atoms with Gasteiger partial charge < -0.3 is 10.6 Å². The molecule has 20 heavy (non-hydrogen) atoms. The second-order valence-corrected chi connectivity index (χ2v) is 5.37. The van der Waals surface area contributed by atoms with E-state index < -0.39 is 0 Å². The molecule has 2 rings (SSSR count). The van der Waals surface area contributed by atoms with E-state index in [0.29, 0.717) is 5.69 Å². The number of carbonyl (C=O) groups is 1. The van der Waals surface area contributed by atoms with E-state index in [2.05, 4.69) is 20.6 Å². The topological polar surface area (TPSA) is 66.9 Å². The minimum absolute atomic E-state index is 0.120. The monoisotopic (exact) mass is 290 g/mol. The summed E-state index contributed by atoms with van der Waals surface area (Å²) in [6.45, 7) is 6.67. The molecule has 0 fully saturated rings. The fourth-order valence-electron chi connectivity index (χ4n) is 1.77. The first-order valence-corrected chi connectivity index (χ1v) is 7.41. The standard InChI is InChI=1S/C14H18N4OS/c1-4-15-11-5-6-16-12(7-11)13(19)18-10(3)14-17-9(2)8-20-14/h5-8,10H,4H2,1-3H3,(H,15,16)(H,18,19). The van der Waals surface area contributed by atoms with Crippen molar-refractivity contribution in [2.45, 2.75) is 26.8 Å². The lowest BCUT2D eigenvalue weighted by Crippen LogP contribution is -2.27. The maximum absolute atomic E-state index is 12.2. The highest BCUT2D eigenvalue weighted by Crippen LogP contribution is 2.18. The molecule has 0 saturated carbocycles. The van der Waals surface area contributed by atoms with Crippen molar-refractivity contribution in [1.29, 1.82) is 0 Å². The molecule has 0 saturated heterocycles. The van der Waals surface area contributed by atoms with Crippen molar-refractivity contribution in [2.75, 3.05) is 11.9 Å². The first-order chi connectivity index (χ1) is 9.60. The number of rotatable bonds is 5. The largest absolute Gasteiger partial charge is 0.385 e. The highest BCUT2D eigenvalue weighted by Gasteiger charge is 2.15. The number of carbonyl (C=O) groups excluding carboxylic acids is 1. The number of aryl methyl sites for hydroxylation is 1. The summed E-state index contributed by atoms with van der Waals surface area (Å²) in [5, 5.41) is 8.95. The molecule has 1 unspecified atom stereocenters. The fraction of sp³-hybridized carbons (Fsp3) is 0.357. The maximum atomic E-state index is 12.2. The number of aromatic nitrogens is 2. The van der Waals surface area contributed by atoms with Crippen molar-refractivity contribution in [3.63, 3.8) is 0 Å². The molecular formula is C14H18N4OS. The van der Waals surface area contributed by atoms with E-state index in [9.17, 15) is 4.79 Å². The minimum Gasteiger partial charge on any atom is -0.385 e. The molecule has 106 valence electrons. The summed E-state index contributed by atoms with van der Waals surface area (Å²) >= 11 is 1.55. The van der Waals surface area contributed by atoms with Crippen LogP contribution in [0, 0.1) is 6.92 Å². The normalized spacial score (nSPS) is 11.9. The van der Waals surface area contributed by atoms with Crippen LogP contribution in [0.25, 0.3) is 0 Å². The van der Waals surface area contributed by atoms with E-state index in [1.807, 2.05) is 32.2 Å². The van der Waals surface area contributed by atoms with Crippen LogP contribution in [0.3, 0.4) is 0 Å². The predicted molar refractivity (Wildman–Crippen MR) is 81.1 cm³/mol. The van der Waals surface area contributed by atoms with Gasteiger partial charge in [0.05, 0.1) is 6.04 Å². The van der Waals surface area contributed by atoms with Gasteiger partial charge in [-0.3, -0.25) is 9.78 Å². The van der Waals surface area contributed by atoms with Gasteiger partial charge in [0.2, 0.25) is 0 Å². The molecule has 2 aromatic rings. The lowest BCUT2D eigenvalue weighted by Gasteiger charge is -2.11. The Morgan fingerprint density at radius 2 is 2.30 bits per heavy atom. The molecular weight excluding hydrogens is 272 g/mol. The van der Waals surface area contributed by atoms with Crippen LogP contribution in [0.4, 0.5) is 5.69 Å². The predicted octanol–water partition coefficient (Wildman–Crippen LogP) is 2.77. The highest BCUT2D eigenvalue weighted by atomic mass is 32.1. The Labute approximate surface area is 122 Å². The minimum atomic E-state index is -0.190. The lowest BCUT2D eigenvalue weighted by molar-refractivity contribution is 0.0935. The molecule has 0 aliphatic carbocycles. The van der Waals surface area contributed by atoms with Gasteiger partial charge in [-0.1, -0.05) is 0 Å². The number of hydrogen-bond donors (Lipinski definition) is 2. The van der Waals surface area contributed by atoms with Crippen LogP contribution in [-0.4, -0.2) is 22.4 Å². The SMILES string of the molecule is CCNc1ccnc(C(=O)NC(C)c2nc(C)cs2)c1. The highest BCUT2D eigenvalue weighted by molar-refractivity contribution is 7.09. The zero-order valence-electron chi connectivity index (χ0n) is 11.8. The van der Waals surface area contributed by atoms with E-state index in [4.69, 9.17) is 0 Å². The third-order valence-electron chi connectivity index (χ3n) is 2.73. The van der Waals surface area contributed by atoms with Gasteiger partial charge in [0, 0.05) is 29.5 Å². The van der Waals surface area contributed by atoms with E-state index >= 15 is 0 Å². The van der Waals surface area contributed by atoms with Gasteiger partial charge in [0.1, 0.15) is 10.7 Å². The summed E-state index contributed by atoms with van der Waals surface area (Å²) in [5.41, 5.74) is 2.27. The summed E-state index contributed by atoms with van der Waals surface area (Å²) < 4.78 is 0. The van der Waals surface area contributed by atoms with Gasteiger partial charge in [-0.2, -0.15) is 0 Å². The first kappa shape index (κ1) is 14.5. The molecule has 6 heteroatoms. The lowest BCUT2D eigenvalue weighted by atomic mass is 10.2. The van der Waals surface area contributed by atoms with E-state index in [0.717, 1.165) is 22.9 Å². The maximum Gasteiger partial charge on any atom is 0.270 e. The van der Waals surface area contributed by atoms with E-state index in [-0.39, 0.29) is 11.9 Å². The van der Waals surface area contributed by atoms with Crippen molar-refractivity contribution >= 4 is 22.9 Å². The number of thiazole rings is 1. The second-order valence-electron chi connectivity index (χ2n) is 4.48. The van der Waals surface area contributed by atoms with Gasteiger partial charge in [0.25, 0.3) is 5.91 Å². The van der Waals surface area contributed by atoms with Crippen LogP contribution in [-0.2, 0) is 0 Å². The Balaban J connectivity index is 2.06. The first-order valence-electron chi connectivity index (χ1n) is 6.53. The molecule has 0 aromatic carbocycles. The molecule has 2 aromatic heterocycles. The quantitative estimate of drug-likeness (QED) is 0.888. The number of pyridine rings is 1. The van der Waals surface area contributed by atoms with Crippen LogP contribution in [0.5, 0.6) is 0 Å². The Hall–Kier alpha value is -1.95. The molecule has 5 nitrogen and oxygen atoms in total. The molecule has 0 aliphatic rings. The summed E-state index contributed by atoms with van der Waals surface area (Å²) in [6, 6.07) is 3.47. The van der Waals surface area contributed by atoms with Crippen molar-refractivity contribution in [3.05, 3.63) is 40.1 Å². The average Bonchev–Trinajstić information content (AvgIpc) is 2.86. The summed E-state index contributed by atoms with van der Waals surface area (Å²) in [5.74, 6) is -0.190. The van der Waals surface area contributed by atoms with Crippen molar-refractivity contribution in [2.24, 2.45) is 0 Å². The van der Waals surface area contributed by atoms with Crippen LogP contribution in [0.2, 0.25) is 0 Å². The molecule has 2 N–H and O–H groups in total. The van der Waals surface area contributed by atoms with Gasteiger partial charge in [-0.25, -0.2) is 4.98 Å². The molecule has 0 spiro atoms. The zero-order valence-corrected chi connectivity index (χ0v) is 12.6. The summed E-state index contributed by atoms with van der Waals surface area (Å²) in [6.07, 6.45) is 1.63. The van der Waals surface area contributed by atoms with Crippen LogP contribution in [0.15, 0.2) is 23.7 Å². The number of nitrogens with zero attached hydrogens (tertiary/aromatic N) is 2. The Kier molecular flexibility index (Phi) is 4.68. The Bertz CT molecular complexity index is 596. The van der Waals surface area contributed by atoms with Gasteiger partial charge in [-0.15, -0.1) is 11.3 Å². The smallest absolute Gasteiger partial charge is 0.270 e. The van der Waals surface area contributed by atoms with Crippen molar-refractivity contribution in [1.82, 2.24) is 15.3 Å². The van der Waals surface area contributed by atoms with E-state index in [1.165, 1.54) is 0 Å². The Morgan fingerprint density at radius 1 is 1.50 bits per heavy atom. The third kappa shape index (κ3) is 3.54. The number of amides is 1. The number of hydrogen-bond acceptors (Lipinski definition) is 5. The summed E-state index contributed by atoms with van der Waals surface area (Å²) in [4.78, 5) is 20.6. The van der Waals surface area contributed by atoms with Crippen LogP contribution >= 0.6 is 11.3 Å². The molecule has 0 radical (unpaired) electrons. The van der Waals surface area contributed by atoms with E-state index in [1.54, 1.807) is 23.6 Å². The van der Waals surface area contributed by atoms with Gasteiger partial charge in [0.15, 0.2) is 0 Å². The molecule has 0 bridgehead atoms. The zero-order chi connectivity index (χ0) is 14.5. The molecule has 1 atom stereocenters. The van der Waals surface area contributed by atoms with Gasteiger partial charge in [-0.05, 0) is 32.9 Å². The van der Waals surface area contributed by atoms with Crippen LogP contribution < -0.4 is 10.6 Å².